The van der Waals surface area contributed by atoms with Crippen LogP contribution in [0.2, 0.25) is 0 Å². The Hall–Kier alpha value is -1.93. The number of likely N-dealkylation sites (tertiary alicyclic amines) is 1. The zero-order valence-electron chi connectivity index (χ0n) is 17.2. The van der Waals surface area contributed by atoms with E-state index in [2.05, 4.69) is 10.2 Å². The molecule has 0 bridgehead atoms. The lowest BCUT2D eigenvalue weighted by molar-refractivity contribution is -0.138. The number of rotatable bonds is 6. The molecule has 2 aliphatic heterocycles. The van der Waals surface area contributed by atoms with Crippen LogP contribution in [0.5, 0.6) is 0 Å². The maximum absolute atomic E-state index is 13.0. The number of piperidine rings is 1. The summed E-state index contributed by atoms with van der Waals surface area (Å²) in [6.07, 6.45) is 1.94. The third-order valence-electron chi connectivity index (χ3n) is 6.12. The van der Waals surface area contributed by atoms with Crippen LogP contribution >= 0.6 is 0 Å². The summed E-state index contributed by atoms with van der Waals surface area (Å²) in [7, 11) is -3.03. The van der Waals surface area contributed by atoms with Crippen molar-refractivity contribution in [3.8, 4) is 0 Å². The van der Waals surface area contributed by atoms with Gasteiger partial charge in [0.2, 0.25) is 11.8 Å². The summed E-state index contributed by atoms with van der Waals surface area (Å²) in [4.78, 5) is 29.4. The molecule has 160 valence electrons. The topological polar surface area (TPSA) is 86.8 Å². The van der Waals surface area contributed by atoms with Gasteiger partial charge in [-0.2, -0.15) is 0 Å². The number of benzene rings is 1. The van der Waals surface area contributed by atoms with Gasteiger partial charge in [0.1, 0.15) is 0 Å². The monoisotopic (exact) mass is 421 g/mol. The maximum atomic E-state index is 13.0. The smallest absolute Gasteiger partial charge is 0.239 e. The van der Waals surface area contributed by atoms with Crippen LogP contribution < -0.4 is 5.32 Å². The minimum atomic E-state index is -3.03. The molecule has 2 amide bonds. The molecule has 2 atom stereocenters. The molecule has 0 saturated carbocycles. The second kappa shape index (κ2) is 9.26. The Morgan fingerprint density at radius 3 is 2.38 bits per heavy atom. The van der Waals surface area contributed by atoms with Crippen molar-refractivity contribution >= 4 is 27.3 Å². The average Bonchev–Trinajstić information content (AvgIpc) is 3.08. The molecule has 7 nitrogen and oxygen atoms in total. The number of nitrogens with one attached hydrogen (secondary N) is 1. The van der Waals surface area contributed by atoms with Gasteiger partial charge in [0.05, 0.1) is 17.5 Å². The second-order valence-electron chi connectivity index (χ2n) is 8.02. The van der Waals surface area contributed by atoms with Crippen LogP contribution in [0.3, 0.4) is 0 Å². The number of likely N-dealkylation sites (N-methyl/N-ethyl adjacent to an activating group) is 1. The van der Waals surface area contributed by atoms with E-state index in [1.807, 2.05) is 44.2 Å². The Labute approximate surface area is 173 Å². The van der Waals surface area contributed by atoms with Gasteiger partial charge in [-0.3, -0.25) is 14.5 Å². The van der Waals surface area contributed by atoms with Gasteiger partial charge in [-0.05, 0) is 58.3 Å². The van der Waals surface area contributed by atoms with Crippen molar-refractivity contribution in [2.45, 2.75) is 45.2 Å². The Kier molecular flexibility index (Phi) is 6.95. The first-order valence-electron chi connectivity index (χ1n) is 10.4. The van der Waals surface area contributed by atoms with Crippen molar-refractivity contribution in [2.24, 2.45) is 5.92 Å². The molecule has 2 heterocycles. The molecule has 0 aliphatic carbocycles. The largest absolute Gasteiger partial charge is 0.338 e. The molecule has 0 aromatic heterocycles. The quantitative estimate of drug-likeness (QED) is 0.756. The van der Waals surface area contributed by atoms with E-state index in [1.165, 1.54) is 0 Å². The summed E-state index contributed by atoms with van der Waals surface area (Å²) in [6.45, 7) is 5.66. The molecule has 1 N–H and O–H groups in total. The summed E-state index contributed by atoms with van der Waals surface area (Å²) in [5, 5.41) is 2.96. The van der Waals surface area contributed by atoms with E-state index in [4.69, 9.17) is 0 Å². The highest BCUT2D eigenvalue weighted by Gasteiger charge is 2.37. The van der Waals surface area contributed by atoms with Crippen molar-refractivity contribution in [3.05, 3.63) is 30.3 Å². The Balaban J connectivity index is 1.53. The van der Waals surface area contributed by atoms with Gasteiger partial charge in [-0.15, -0.1) is 0 Å². The molecular weight excluding hydrogens is 390 g/mol. The van der Waals surface area contributed by atoms with Crippen LogP contribution in [0.15, 0.2) is 30.3 Å². The van der Waals surface area contributed by atoms with Gasteiger partial charge in [0.25, 0.3) is 0 Å². The fourth-order valence-corrected chi connectivity index (χ4v) is 6.06. The van der Waals surface area contributed by atoms with Crippen LogP contribution in [0, 0.1) is 5.92 Å². The first kappa shape index (κ1) is 21.8. The van der Waals surface area contributed by atoms with E-state index in [9.17, 15) is 18.0 Å². The highest BCUT2D eigenvalue weighted by molar-refractivity contribution is 7.91. The number of sulfone groups is 1. The van der Waals surface area contributed by atoms with Crippen molar-refractivity contribution in [1.82, 2.24) is 9.80 Å². The number of carbonyl (C=O) groups is 2. The fraction of sp³-hybridized carbons (Fsp3) is 0.619. The Bertz CT molecular complexity index is 820. The van der Waals surface area contributed by atoms with E-state index >= 15 is 0 Å². The third-order valence-corrected chi connectivity index (χ3v) is 7.87. The summed E-state index contributed by atoms with van der Waals surface area (Å²) >= 11 is 0. The summed E-state index contributed by atoms with van der Waals surface area (Å²) in [5.74, 6) is 0.192. The van der Waals surface area contributed by atoms with Gasteiger partial charge in [-0.25, -0.2) is 8.42 Å². The predicted octanol–water partition coefficient (Wildman–Crippen LogP) is 1.76. The highest BCUT2D eigenvalue weighted by atomic mass is 32.2. The predicted molar refractivity (Wildman–Crippen MR) is 113 cm³/mol. The minimum Gasteiger partial charge on any atom is -0.338 e. The van der Waals surface area contributed by atoms with E-state index in [0.29, 0.717) is 38.9 Å². The first-order chi connectivity index (χ1) is 13.8. The molecule has 0 radical (unpaired) electrons. The molecular formula is C21H31N3O4S. The van der Waals surface area contributed by atoms with E-state index in [-0.39, 0.29) is 41.3 Å². The summed E-state index contributed by atoms with van der Waals surface area (Å²) in [6, 6.07) is 8.91. The first-order valence-corrected chi connectivity index (χ1v) is 12.2. The molecule has 0 unspecified atom stereocenters. The van der Waals surface area contributed by atoms with Crippen LogP contribution in [0.1, 0.15) is 33.1 Å². The molecule has 1 aromatic carbocycles. The van der Waals surface area contributed by atoms with E-state index in [1.54, 1.807) is 4.90 Å². The standard InChI is InChI=1S/C21H31N3O4S/c1-3-24(19-11-14-29(27,28)15-19)21(26)16(2)23-12-9-17(10-13-23)20(25)22-18-7-5-4-6-8-18/h4-8,16-17,19H,3,9-15H2,1-2H3,(H,22,25)/t16-,19+/m0/s1. The van der Waals surface area contributed by atoms with E-state index < -0.39 is 9.84 Å². The van der Waals surface area contributed by atoms with Crippen LogP contribution in [0.25, 0.3) is 0 Å². The number of amides is 2. The normalized spacial score (nSPS) is 23.4. The highest BCUT2D eigenvalue weighted by Crippen LogP contribution is 2.24. The van der Waals surface area contributed by atoms with E-state index in [0.717, 1.165) is 5.69 Å². The number of nitrogens with zero attached hydrogens (tertiary/aromatic N) is 2. The lowest BCUT2D eigenvalue weighted by Crippen LogP contribution is -2.53. The number of hydrogen-bond acceptors (Lipinski definition) is 5. The molecule has 2 saturated heterocycles. The van der Waals surface area contributed by atoms with Gasteiger partial charge in [0.15, 0.2) is 9.84 Å². The molecule has 8 heteroatoms. The lowest BCUT2D eigenvalue weighted by atomic mass is 9.94. The maximum Gasteiger partial charge on any atom is 0.239 e. The summed E-state index contributed by atoms with van der Waals surface area (Å²) in [5.41, 5.74) is 0.800. The van der Waals surface area contributed by atoms with Crippen LogP contribution in [0.4, 0.5) is 5.69 Å². The number of hydrogen-bond donors (Lipinski definition) is 1. The molecule has 2 aliphatic rings. The Morgan fingerprint density at radius 2 is 1.83 bits per heavy atom. The molecule has 1 aromatic rings. The van der Waals surface area contributed by atoms with Crippen LogP contribution in [-0.2, 0) is 19.4 Å². The Morgan fingerprint density at radius 1 is 1.17 bits per heavy atom. The van der Waals surface area contributed by atoms with Gasteiger partial charge >= 0.3 is 0 Å². The van der Waals surface area contributed by atoms with Crippen molar-refractivity contribution in [2.75, 3.05) is 36.5 Å². The van der Waals surface area contributed by atoms with Crippen molar-refractivity contribution in [3.63, 3.8) is 0 Å². The zero-order valence-corrected chi connectivity index (χ0v) is 18.0. The molecule has 3 rings (SSSR count). The van der Waals surface area contributed by atoms with Crippen LogP contribution in [-0.4, -0.2) is 73.3 Å². The fourth-order valence-electron chi connectivity index (χ4n) is 4.33. The molecule has 2 fully saturated rings. The molecule has 0 spiro atoms. The average molecular weight is 422 g/mol. The number of carbonyl (C=O) groups excluding carboxylic acids is 2. The lowest BCUT2D eigenvalue weighted by Gasteiger charge is -2.38. The second-order valence-corrected chi connectivity index (χ2v) is 10.3. The van der Waals surface area contributed by atoms with Crippen molar-refractivity contribution in [1.29, 1.82) is 0 Å². The number of para-hydroxylation sites is 1. The van der Waals surface area contributed by atoms with Gasteiger partial charge in [-0.1, -0.05) is 18.2 Å². The van der Waals surface area contributed by atoms with Crippen molar-refractivity contribution < 1.29 is 18.0 Å². The minimum absolute atomic E-state index is 0.0122. The van der Waals surface area contributed by atoms with Gasteiger partial charge < -0.3 is 10.2 Å². The summed E-state index contributed by atoms with van der Waals surface area (Å²) < 4.78 is 23.6. The third kappa shape index (κ3) is 5.36. The number of anilines is 1. The SMILES string of the molecule is CCN(C(=O)[C@H](C)N1CCC(C(=O)Nc2ccccc2)CC1)[C@@H]1CCS(=O)(=O)C1. The van der Waals surface area contributed by atoms with Gasteiger partial charge in [0, 0.05) is 24.2 Å². The zero-order chi connectivity index (χ0) is 21.0. The molecule has 29 heavy (non-hydrogen) atoms.